The highest BCUT2D eigenvalue weighted by Crippen LogP contribution is 2.35. The second-order valence-electron chi connectivity index (χ2n) is 10.1. The van der Waals surface area contributed by atoms with Gasteiger partial charge in [0, 0.05) is 31.4 Å². The van der Waals surface area contributed by atoms with Crippen LogP contribution in [0.1, 0.15) is 44.0 Å². The van der Waals surface area contributed by atoms with Crippen molar-refractivity contribution < 1.29 is 39.2 Å². The van der Waals surface area contributed by atoms with Gasteiger partial charge in [-0.05, 0) is 41.2 Å². The van der Waals surface area contributed by atoms with E-state index in [4.69, 9.17) is 9.47 Å². The topological polar surface area (TPSA) is 154 Å². The Morgan fingerprint density at radius 2 is 1.78 bits per heavy atom. The normalized spacial score (nSPS) is 23.8. The second kappa shape index (κ2) is 15.3. The highest BCUT2D eigenvalue weighted by atomic mass is 32.2. The van der Waals surface area contributed by atoms with Crippen LogP contribution in [0.4, 0.5) is 0 Å². The Kier molecular flexibility index (Phi) is 12.2. The van der Waals surface area contributed by atoms with Crippen molar-refractivity contribution in [3.63, 3.8) is 0 Å². The molecule has 0 aliphatic carbocycles. The third-order valence-electron chi connectivity index (χ3n) is 7.09. The summed E-state index contributed by atoms with van der Waals surface area (Å²) < 4.78 is 11.7. The van der Waals surface area contributed by atoms with E-state index >= 15 is 0 Å². The van der Waals surface area contributed by atoms with Gasteiger partial charge in [0.05, 0.1) is 31.0 Å². The molecule has 10 nitrogen and oxygen atoms in total. The molecule has 11 heteroatoms. The maximum absolute atomic E-state index is 12.8. The molecule has 2 unspecified atom stereocenters. The number of hydrogen-bond donors (Lipinski definition) is 5. The van der Waals surface area contributed by atoms with Crippen LogP contribution in [0.25, 0.3) is 11.1 Å². The summed E-state index contributed by atoms with van der Waals surface area (Å²) in [7, 11) is 0. The van der Waals surface area contributed by atoms with Crippen LogP contribution in [0, 0.1) is 5.92 Å². The van der Waals surface area contributed by atoms with Crippen LogP contribution in [0.5, 0.6) is 0 Å². The maximum Gasteiger partial charge on any atom is 0.364 e. The predicted molar refractivity (Wildman–Crippen MR) is 156 cm³/mol. The first-order valence-electron chi connectivity index (χ1n) is 13.8. The summed E-state index contributed by atoms with van der Waals surface area (Å²) in [4.78, 5) is 37.0. The molecule has 1 saturated heterocycles. The number of aliphatic carboxylic acids is 1. The first-order valence-corrected chi connectivity index (χ1v) is 14.9. The van der Waals surface area contributed by atoms with Gasteiger partial charge in [0.25, 0.3) is 11.7 Å². The summed E-state index contributed by atoms with van der Waals surface area (Å²) in [5.74, 6) is -3.50. The SMILES string of the molecule is CCSCCCO[C@]1(C(=O)O)C[C@H](O)[C@@H](NC(C)=O)C([C@H](C)C(O)CNC(=O)c2ccc(-c3ccccc3)cc2)O1. The average molecular weight is 589 g/mol. The van der Waals surface area contributed by atoms with Gasteiger partial charge in [0.1, 0.15) is 0 Å². The van der Waals surface area contributed by atoms with Crippen molar-refractivity contribution in [3.05, 3.63) is 60.2 Å². The molecular formula is C30H40N2O8S. The number of hydrogen-bond acceptors (Lipinski definition) is 8. The van der Waals surface area contributed by atoms with Gasteiger partial charge in [-0.2, -0.15) is 11.8 Å². The number of carbonyl (C=O) groups excluding carboxylic acids is 2. The number of nitrogens with one attached hydrogen (secondary N) is 2. The fraction of sp³-hybridized carbons (Fsp3) is 0.500. The third-order valence-corrected chi connectivity index (χ3v) is 8.08. The molecule has 224 valence electrons. The molecule has 0 aromatic heterocycles. The second-order valence-corrected chi connectivity index (χ2v) is 11.5. The number of aliphatic hydroxyl groups excluding tert-OH is 2. The van der Waals surface area contributed by atoms with Crippen molar-refractivity contribution in [2.24, 2.45) is 5.92 Å². The quantitative estimate of drug-likeness (QED) is 0.210. The van der Waals surface area contributed by atoms with Crippen molar-refractivity contribution >= 4 is 29.5 Å². The molecule has 5 N–H and O–H groups in total. The van der Waals surface area contributed by atoms with Crippen molar-refractivity contribution in [1.82, 2.24) is 10.6 Å². The number of thioether (sulfide) groups is 1. The van der Waals surface area contributed by atoms with Crippen molar-refractivity contribution in [1.29, 1.82) is 0 Å². The summed E-state index contributed by atoms with van der Waals surface area (Å²) in [5.41, 5.74) is 2.39. The van der Waals surface area contributed by atoms with Gasteiger partial charge in [0.15, 0.2) is 0 Å². The lowest BCUT2D eigenvalue weighted by molar-refractivity contribution is -0.304. The zero-order chi connectivity index (χ0) is 30.0. The summed E-state index contributed by atoms with van der Waals surface area (Å²) in [6.07, 6.45) is -3.44. The lowest BCUT2D eigenvalue weighted by Crippen LogP contribution is -2.66. The smallest absolute Gasteiger partial charge is 0.364 e. The van der Waals surface area contributed by atoms with Crippen LogP contribution in [0.3, 0.4) is 0 Å². The van der Waals surface area contributed by atoms with Gasteiger partial charge in [-0.25, -0.2) is 4.79 Å². The minimum Gasteiger partial charge on any atom is -0.477 e. The summed E-state index contributed by atoms with van der Waals surface area (Å²) in [5, 5.41) is 37.3. The van der Waals surface area contributed by atoms with Crippen LogP contribution >= 0.6 is 11.8 Å². The lowest BCUT2D eigenvalue weighted by atomic mass is 9.84. The Morgan fingerprint density at radius 3 is 2.39 bits per heavy atom. The number of carbonyl (C=O) groups is 3. The number of carboxylic acid groups (broad SMARTS) is 1. The minimum atomic E-state index is -2.15. The van der Waals surface area contributed by atoms with Gasteiger partial charge in [-0.3, -0.25) is 9.59 Å². The number of rotatable bonds is 14. The van der Waals surface area contributed by atoms with E-state index in [1.54, 1.807) is 30.8 Å². The third kappa shape index (κ3) is 8.76. The lowest BCUT2D eigenvalue weighted by Gasteiger charge is -2.47. The van der Waals surface area contributed by atoms with Crippen LogP contribution in [-0.2, 0) is 19.1 Å². The highest BCUT2D eigenvalue weighted by molar-refractivity contribution is 7.99. The largest absolute Gasteiger partial charge is 0.477 e. The van der Waals surface area contributed by atoms with Crippen LogP contribution < -0.4 is 10.6 Å². The average Bonchev–Trinajstić information content (AvgIpc) is 2.96. The first-order chi connectivity index (χ1) is 19.6. The van der Waals surface area contributed by atoms with Crippen LogP contribution in [-0.4, -0.2) is 87.9 Å². The highest BCUT2D eigenvalue weighted by Gasteiger charge is 2.55. The van der Waals surface area contributed by atoms with Gasteiger partial charge in [-0.1, -0.05) is 56.3 Å². The number of aliphatic hydroxyl groups is 2. The van der Waals surface area contributed by atoms with E-state index in [1.165, 1.54) is 6.92 Å². The Morgan fingerprint density at radius 1 is 1.12 bits per heavy atom. The van der Waals surface area contributed by atoms with E-state index in [2.05, 4.69) is 10.6 Å². The van der Waals surface area contributed by atoms with Gasteiger partial charge in [0.2, 0.25) is 5.91 Å². The fourth-order valence-corrected chi connectivity index (χ4v) is 5.40. The van der Waals surface area contributed by atoms with E-state index in [0.717, 1.165) is 22.6 Å². The monoisotopic (exact) mass is 588 g/mol. The van der Waals surface area contributed by atoms with Crippen molar-refractivity contribution in [2.75, 3.05) is 24.7 Å². The fourth-order valence-electron chi connectivity index (χ4n) is 4.79. The molecule has 1 aliphatic rings. The summed E-state index contributed by atoms with van der Waals surface area (Å²) in [6, 6.07) is 15.8. The standard InChI is InChI=1S/C30H40N2O8S/c1-4-41-16-8-15-39-30(29(37)38)17-24(34)26(32-20(3)33)27(40-30)19(2)25(35)18-31-28(36)23-13-11-22(12-14-23)21-9-6-5-7-10-21/h5-7,9-14,19,24-27,34-35H,4,8,15-18H2,1-3H3,(H,31,36)(H,32,33)(H,37,38)/t19-,24+,25?,26-,27?,30-/m1/s1. The molecule has 2 amide bonds. The molecule has 1 aliphatic heterocycles. The predicted octanol–water partition coefficient (Wildman–Crippen LogP) is 2.68. The Bertz CT molecular complexity index is 1150. The zero-order valence-electron chi connectivity index (χ0n) is 23.6. The molecule has 6 atom stereocenters. The molecule has 0 spiro atoms. The van der Waals surface area contributed by atoms with E-state index in [9.17, 15) is 29.7 Å². The minimum absolute atomic E-state index is 0.0968. The summed E-state index contributed by atoms with van der Waals surface area (Å²) >= 11 is 1.69. The molecule has 1 heterocycles. The Hall–Kier alpha value is -2.96. The van der Waals surface area contributed by atoms with Crippen molar-refractivity contribution in [3.8, 4) is 11.1 Å². The van der Waals surface area contributed by atoms with Crippen LogP contribution in [0.2, 0.25) is 0 Å². The number of ether oxygens (including phenoxy) is 2. The van der Waals surface area contributed by atoms with E-state index in [0.29, 0.717) is 12.0 Å². The van der Waals surface area contributed by atoms with Crippen molar-refractivity contribution in [2.45, 2.75) is 63.8 Å². The Balaban J connectivity index is 1.69. The van der Waals surface area contributed by atoms with E-state index in [1.807, 2.05) is 49.4 Å². The number of amides is 2. The molecule has 0 bridgehead atoms. The molecular weight excluding hydrogens is 548 g/mol. The van der Waals surface area contributed by atoms with Gasteiger partial charge in [-0.15, -0.1) is 0 Å². The molecule has 3 rings (SSSR count). The zero-order valence-corrected chi connectivity index (χ0v) is 24.4. The van der Waals surface area contributed by atoms with E-state index in [-0.39, 0.29) is 13.2 Å². The first kappa shape index (κ1) is 32.6. The van der Waals surface area contributed by atoms with Gasteiger partial charge < -0.3 is 35.4 Å². The molecule has 0 radical (unpaired) electrons. The Labute approximate surface area is 244 Å². The number of carboxylic acids is 1. The van der Waals surface area contributed by atoms with Crippen LogP contribution in [0.15, 0.2) is 54.6 Å². The van der Waals surface area contributed by atoms with Gasteiger partial charge >= 0.3 is 5.97 Å². The number of benzene rings is 2. The maximum atomic E-state index is 12.8. The molecule has 2 aromatic carbocycles. The molecule has 1 fully saturated rings. The summed E-state index contributed by atoms with van der Waals surface area (Å²) in [6.45, 7) is 4.83. The molecule has 2 aromatic rings. The molecule has 0 saturated carbocycles. The van der Waals surface area contributed by atoms with E-state index < -0.39 is 60.3 Å². The molecule has 41 heavy (non-hydrogen) atoms.